The molecule has 13 heavy (non-hydrogen) atoms. The van der Waals surface area contributed by atoms with Gasteiger partial charge in [0, 0.05) is 31.9 Å². The molecule has 2 rings (SSSR count). The molecule has 1 aromatic carbocycles. The van der Waals surface area contributed by atoms with Crippen molar-refractivity contribution >= 4 is 5.69 Å². The minimum atomic E-state index is 0.567. The van der Waals surface area contributed by atoms with Crippen molar-refractivity contribution in [1.29, 1.82) is 0 Å². The van der Waals surface area contributed by atoms with Crippen LogP contribution < -0.4 is 10.2 Å². The van der Waals surface area contributed by atoms with Crippen molar-refractivity contribution in [1.82, 2.24) is 5.32 Å². The lowest BCUT2D eigenvalue weighted by Crippen LogP contribution is -2.33. The van der Waals surface area contributed by atoms with Crippen molar-refractivity contribution in [3.63, 3.8) is 0 Å². The SMILES string of the molecule is C[C@H]1CN(C)c2ccccc2CN1. The molecule has 0 unspecified atom stereocenters. The maximum absolute atomic E-state index is 3.49. The third kappa shape index (κ3) is 1.68. The van der Waals surface area contributed by atoms with E-state index >= 15 is 0 Å². The lowest BCUT2D eigenvalue weighted by molar-refractivity contribution is 0.563. The largest absolute Gasteiger partial charge is 0.373 e. The van der Waals surface area contributed by atoms with E-state index in [0.29, 0.717) is 6.04 Å². The molecular formula is C11H16N2. The third-order valence-electron chi connectivity index (χ3n) is 2.59. The summed E-state index contributed by atoms with van der Waals surface area (Å²) >= 11 is 0. The van der Waals surface area contributed by atoms with Crippen LogP contribution in [0.5, 0.6) is 0 Å². The average Bonchev–Trinajstić information content (AvgIpc) is 2.27. The predicted octanol–water partition coefficient (Wildman–Crippen LogP) is 1.61. The van der Waals surface area contributed by atoms with Crippen LogP contribution >= 0.6 is 0 Å². The number of hydrogen-bond acceptors (Lipinski definition) is 2. The van der Waals surface area contributed by atoms with E-state index < -0.39 is 0 Å². The number of nitrogens with zero attached hydrogens (tertiary/aromatic N) is 1. The lowest BCUT2D eigenvalue weighted by atomic mass is 10.2. The number of para-hydroxylation sites is 1. The van der Waals surface area contributed by atoms with Gasteiger partial charge in [0.15, 0.2) is 0 Å². The average molecular weight is 176 g/mol. The molecule has 2 heteroatoms. The zero-order valence-electron chi connectivity index (χ0n) is 8.25. The molecule has 70 valence electrons. The Morgan fingerprint density at radius 1 is 1.38 bits per heavy atom. The Bertz CT molecular complexity index is 296. The van der Waals surface area contributed by atoms with Gasteiger partial charge < -0.3 is 10.2 Å². The van der Waals surface area contributed by atoms with E-state index in [0.717, 1.165) is 13.1 Å². The minimum absolute atomic E-state index is 0.567. The highest BCUT2D eigenvalue weighted by atomic mass is 15.1. The van der Waals surface area contributed by atoms with Crippen molar-refractivity contribution in [3.8, 4) is 0 Å². The molecule has 0 spiro atoms. The Kier molecular flexibility index (Phi) is 2.23. The van der Waals surface area contributed by atoms with Gasteiger partial charge in [0.1, 0.15) is 0 Å². The van der Waals surface area contributed by atoms with Gasteiger partial charge in [0.25, 0.3) is 0 Å². The standard InChI is InChI=1S/C11H16N2/c1-9-8-13(2)11-6-4-3-5-10(11)7-12-9/h3-6,9,12H,7-8H2,1-2H3/t9-/m0/s1. The van der Waals surface area contributed by atoms with Crippen LogP contribution in [0.3, 0.4) is 0 Å². The van der Waals surface area contributed by atoms with Crippen LogP contribution in [0.15, 0.2) is 24.3 Å². The summed E-state index contributed by atoms with van der Waals surface area (Å²) in [5.41, 5.74) is 2.76. The van der Waals surface area contributed by atoms with E-state index in [1.165, 1.54) is 11.3 Å². The minimum Gasteiger partial charge on any atom is -0.373 e. The van der Waals surface area contributed by atoms with Gasteiger partial charge in [-0.3, -0.25) is 0 Å². The van der Waals surface area contributed by atoms with E-state index in [9.17, 15) is 0 Å². The molecule has 1 aliphatic rings. The summed E-state index contributed by atoms with van der Waals surface area (Å²) in [6.45, 7) is 4.29. The van der Waals surface area contributed by atoms with Crippen molar-refractivity contribution in [3.05, 3.63) is 29.8 Å². The number of likely N-dealkylation sites (N-methyl/N-ethyl adjacent to an activating group) is 1. The summed E-state index contributed by atoms with van der Waals surface area (Å²) in [5, 5.41) is 3.49. The fraction of sp³-hybridized carbons (Fsp3) is 0.455. The Hall–Kier alpha value is -1.02. The summed E-state index contributed by atoms with van der Waals surface area (Å²) in [5.74, 6) is 0. The smallest absolute Gasteiger partial charge is 0.0409 e. The highest BCUT2D eigenvalue weighted by Gasteiger charge is 2.14. The van der Waals surface area contributed by atoms with Gasteiger partial charge >= 0.3 is 0 Å². The molecule has 0 saturated heterocycles. The monoisotopic (exact) mass is 176 g/mol. The lowest BCUT2D eigenvalue weighted by Gasteiger charge is -2.20. The second-order valence-electron chi connectivity index (χ2n) is 3.79. The molecule has 1 atom stereocenters. The van der Waals surface area contributed by atoms with E-state index in [4.69, 9.17) is 0 Å². The number of benzene rings is 1. The van der Waals surface area contributed by atoms with Gasteiger partial charge in [-0.2, -0.15) is 0 Å². The zero-order chi connectivity index (χ0) is 9.26. The molecule has 0 radical (unpaired) electrons. The first kappa shape index (κ1) is 8.57. The van der Waals surface area contributed by atoms with Crippen molar-refractivity contribution in [2.24, 2.45) is 0 Å². The molecule has 1 aromatic rings. The first-order valence-electron chi connectivity index (χ1n) is 4.80. The highest BCUT2D eigenvalue weighted by Crippen LogP contribution is 2.21. The molecule has 0 bridgehead atoms. The maximum Gasteiger partial charge on any atom is 0.0409 e. The first-order valence-corrected chi connectivity index (χ1v) is 4.80. The summed E-state index contributed by atoms with van der Waals surface area (Å²) in [4.78, 5) is 2.32. The fourth-order valence-corrected chi connectivity index (χ4v) is 1.89. The maximum atomic E-state index is 3.49. The molecular weight excluding hydrogens is 160 g/mol. The van der Waals surface area contributed by atoms with Gasteiger partial charge in [-0.1, -0.05) is 18.2 Å². The number of hydrogen-bond donors (Lipinski definition) is 1. The van der Waals surface area contributed by atoms with Gasteiger partial charge in [0.05, 0.1) is 0 Å². The Labute approximate surface area is 79.6 Å². The van der Waals surface area contributed by atoms with Crippen LogP contribution in [-0.2, 0) is 6.54 Å². The predicted molar refractivity (Wildman–Crippen MR) is 56.0 cm³/mol. The van der Waals surface area contributed by atoms with Crippen LogP contribution in [0, 0.1) is 0 Å². The number of rotatable bonds is 0. The number of fused-ring (bicyclic) bond motifs is 1. The molecule has 0 saturated carbocycles. The van der Waals surface area contributed by atoms with E-state index in [1.807, 2.05) is 0 Å². The van der Waals surface area contributed by atoms with E-state index in [1.54, 1.807) is 0 Å². The summed E-state index contributed by atoms with van der Waals surface area (Å²) in [6.07, 6.45) is 0. The second-order valence-corrected chi connectivity index (χ2v) is 3.79. The van der Waals surface area contributed by atoms with Crippen molar-refractivity contribution in [2.75, 3.05) is 18.5 Å². The van der Waals surface area contributed by atoms with Crippen LogP contribution in [0.2, 0.25) is 0 Å². The Morgan fingerprint density at radius 3 is 3.00 bits per heavy atom. The molecule has 2 nitrogen and oxygen atoms in total. The summed E-state index contributed by atoms with van der Waals surface area (Å²) in [6, 6.07) is 9.15. The summed E-state index contributed by atoms with van der Waals surface area (Å²) < 4.78 is 0. The second kappa shape index (κ2) is 3.38. The van der Waals surface area contributed by atoms with Crippen LogP contribution in [0.25, 0.3) is 0 Å². The molecule has 0 fully saturated rings. The van der Waals surface area contributed by atoms with Gasteiger partial charge in [-0.25, -0.2) is 0 Å². The quantitative estimate of drug-likeness (QED) is 0.646. The van der Waals surface area contributed by atoms with Crippen molar-refractivity contribution < 1.29 is 0 Å². The molecule has 1 aliphatic heterocycles. The third-order valence-corrected chi connectivity index (χ3v) is 2.59. The highest BCUT2D eigenvalue weighted by molar-refractivity contribution is 5.53. The number of nitrogens with one attached hydrogen (secondary N) is 1. The molecule has 0 aromatic heterocycles. The summed E-state index contributed by atoms with van der Waals surface area (Å²) in [7, 11) is 2.16. The van der Waals surface area contributed by atoms with Crippen LogP contribution in [0.4, 0.5) is 5.69 Å². The normalized spacial score (nSPS) is 22.3. The number of anilines is 1. The zero-order valence-corrected chi connectivity index (χ0v) is 8.25. The van der Waals surface area contributed by atoms with Crippen LogP contribution in [0.1, 0.15) is 12.5 Å². The van der Waals surface area contributed by atoms with Crippen LogP contribution in [-0.4, -0.2) is 19.6 Å². The molecule has 1 N–H and O–H groups in total. The van der Waals surface area contributed by atoms with E-state index in [2.05, 4.69) is 48.5 Å². The topological polar surface area (TPSA) is 15.3 Å². The molecule has 1 heterocycles. The van der Waals surface area contributed by atoms with Gasteiger partial charge in [-0.05, 0) is 18.6 Å². The Balaban J connectivity index is 2.35. The Morgan fingerprint density at radius 2 is 2.15 bits per heavy atom. The fourth-order valence-electron chi connectivity index (χ4n) is 1.89. The van der Waals surface area contributed by atoms with Gasteiger partial charge in [0.2, 0.25) is 0 Å². The first-order chi connectivity index (χ1) is 6.27. The van der Waals surface area contributed by atoms with Crippen molar-refractivity contribution in [2.45, 2.75) is 19.5 Å². The molecule has 0 amide bonds. The van der Waals surface area contributed by atoms with E-state index in [-0.39, 0.29) is 0 Å². The molecule has 0 aliphatic carbocycles. The van der Waals surface area contributed by atoms with Gasteiger partial charge in [-0.15, -0.1) is 0 Å².